The summed E-state index contributed by atoms with van der Waals surface area (Å²) < 4.78 is 3.63. The third kappa shape index (κ3) is 3.69. The Morgan fingerprint density at radius 2 is 1.52 bits per heavy atom. The van der Waals surface area contributed by atoms with Gasteiger partial charge in [-0.25, -0.2) is 9.67 Å². The first-order valence-electron chi connectivity index (χ1n) is 9.90. The van der Waals surface area contributed by atoms with Crippen LogP contribution in [0.1, 0.15) is 5.56 Å². The van der Waals surface area contributed by atoms with Gasteiger partial charge in [-0.3, -0.25) is 9.59 Å². The van der Waals surface area contributed by atoms with Crippen LogP contribution in [0, 0.1) is 0 Å². The Morgan fingerprint density at radius 3 is 2.13 bits per heavy atom. The standard InChI is InChI=1S/C24H19N5O2/c30-23(27-18-11-9-17(10-12-18)13-28-16-25-15-26-28)14-29-21-7-3-1-5-19(21)24(31)20-6-2-4-8-22(20)29/h1-12,15-16H,13-14H2,(H,27,30). The number of hydrogen-bond acceptors (Lipinski definition) is 4. The predicted molar refractivity (Wildman–Crippen MR) is 120 cm³/mol. The molecule has 5 rings (SSSR count). The first-order valence-corrected chi connectivity index (χ1v) is 9.90. The summed E-state index contributed by atoms with van der Waals surface area (Å²) in [6.07, 6.45) is 3.16. The largest absolute Gasteiger partial charge is 0.331 e. The minimum absolute atomic E-state index is 0.0224. The number of carbonyl (C=O) groups excluding carboxylic acids is 1. The van der Waals surface area contributed by atoms with E-state index in [1.165, 1.54) is 6.33 Å². The van der Waals surface area contributed by atoms with Crippen LogP contribution >= 0.6 is 0 Å². The summed E-state index contributed by atoms with van der Waals surface area (Å²) in [6.45, 7) is 0.714. The van der Waals surface area contributed by atoms with E-state index in [1.807, 2.05) is 65.2 Å². The van der Waals surface area contributed by atoms with Gasteiger partial charge in [0.25, 0.3) is 0 Å². The molecule has 0 atom stereocenters. The molecule has 0 radical (unpaired) electrons. The molecule has 0 saturated heterocycles. The minimum atomic E-state index is -0.164. The van der Waals surface area contributed by atoms with Gasteiger partial charge in [0.1, 0.15) is 19.2 Å². The molecule has 1 amide bonds. The number of para-hydroxylation sites is 2. The molecule has 0 bridgehead atoms. The van der Waals surface area contributed by atoms with Crippen LogP contribution in [-0.2, 0) is 17.9 Å². The van der Waals surface area contributed by atoms with Crippen molar-refractivity contribution in [2.24, 2.45) is 0 Å². The van der Waals surface area contributed by atoms with Crippen LogP contribution in [0.4, 0.5) is 5.69 Å². The normalized spacial score (nSPS) is 11.1. The summed E-state index contributed by atoms with van der Waals surface area (Å²) in [5.41, 5.74) is 3.22. The van der Waals surface area contributed by atoms with E-state index in [9.17, 15) is 9.59 Å². The Kier molecular flexibility index (Phi) is 4.76. The number of hydrogen-bond donors (Lipinski definition) is 1. The number of rotatable bonds is 5. The molecule has 7 nitrogen and oxygen atoms in total. The lowest BCUT2D eigenvalue weighted by atomic mass is 10.1. The molecule has 0 spiro atoms. The topological polar surface area (TPSA) is 81.8 Å². The second kappa shape index (κ2) is 7.87. The smallest absolute Gasteiger partial charge is 0.244 e. The van der Waals surface area contributed by atoms with Crippen LogP contribution < -0.4 is 10.7 Å². The van der Waals surface area contributed by atoms with Crippen molar-refractivity contribution in [2.75, 3.05) is 5.32 Å². The number of pyridine rings is 1. The molecule has 5 aromatic rings. The summed E-state index contributed by atoms with van der Waals surface area (Å²) in [5, 5.41) is 8.25. The summed E-state index contributed by atoms with van der Waals surface area (Å²) >= 11 is 0. The molecule has 0 aliphatic heterocycles. The third-order valence-electron chi connectivity index (χ3n) is 5.23. The first-order chi connectivity index (χ1) is 15.2. The summed E-state index contributed by atoms with van der Waals surface area (Å²) in [7, 11) is 0. The maximum absolute atomic E-state index is 12.9. The molecule has 0 aliphatic rings. The average molecular weight is 409 g/mol. The van der Waals surface area contributed by atoms with Gasteiger partial charge in [0, 0.05) is 16.5 Å². The van der Waals surface area contributed by atoms with Gasteiger partial charge in [-0.2, -0.15) is 5.10 Å². The molecule has 1 N–H and O–H groups in total. The molecule has 7 heteroatoms. The molecular formula is C24H19N5O2. The van der Waals surface area contributed by atoms with Crippen molar-refractivity contribution in [2.45, 2.75) is 13.1 Å². The van der Waals surface area contributed by atoms with Gasteiger partial charge < -0.3 is 9.88 Å². The Balaban J connectivity index is 1.41. The van der Waals surface area contributed by atoms with Gasteiger partial charge in [0.2, 0.25) is 5.91 Å². The zero-order chi connectivity index (χ0) is 21.2. The summed E-state index contributed by atoms with van der Waals surface area (Å²) in [4.78, 5) is 29.6. The molecule has 0 aliphatic carbocycles. The van der Waals surface area contributed by atoms with Gasteiger partial charge >= 0.3 is 0 Å². The summed E-state index contributed by atoms with van der Waals surface area (Å²) in [6, 6.07) is 22.4. The maximum atomic E-state index is 12.9. The van der Waals surface area contributed by atoms with Gasteiger partial charge in [0.15, 0.2) is 5.43 Å². The molecule has 0 unspecified atom stereocenters. The fraction of sp³-hybridized carbons (Fsp3) is 0.0833. The second-order valence-electron chi connectivity index (χ2n) is 7.29. The van der Waals surface area contributed by atoms with E-state index in [0.29, 0.717) is 23.0 Å². The molecule has 2 heterocycles. The van der Waals surface area contributed by atoms with Crippen molar-refractivity contribution in [1.82, 2.24) is 19.3 Å². The average Bonchev–Trinajstić information content (AvgIpc) is 3.31. The van der Waals surface area contributed by atoms with Crippen molar-refractivity contribution in [3.63, 3.8) is 0 Å². The molecular weight excluding hydrogens is 390 g/mol. The van der Waals surface area contributed by atoms with Gasteiger partial charge in [0.05, 0.1) is 17.6 Å². The second-order valence-corrected chi connectivity index (χ2v) is 7.29. The number of benzene rings is 3. The number of aromatic nitrogens is 4. The number of nitrogens with zero attached hydrogens (tertiary/aromatic N) is 4. The molecule has 3 aromatic carbocycles. The monoisotopic (exact) mass is 409 g/mol. The highest BCUT2D eigenvalue weighted by atomic mass is 16.2. The minimum Gasteiger partial charge on any atom is -0.331 e. The highest BCUT2D eigenvalue weighted by molar-refractivity contribution is 5.97. The van der Waals surface area contributed by atoms with Crippen LogP contribution in [0.15, 0.2) is 90.2 Å². The van der Waals surface area contributed by atoms with Gasteiger partial charge in [-0.1, -0.05) is 36.4 Å². The fourth-order valence-electron chi connectivity index (χ4n) is 3.79. The van der Waals surface area contributed by atoms with Crippen LogP contribution in [0.5, 0.6) is 0 Å². The molecule has 0 saturated carbocycles. The van der Waals surface area contributed by atoms with Crippen LogP contribution in [0.2, 0.25) is 0 Å². The van der Waals surface area contributed by atoms with E-state index in [4.69, 9.17) is 0 Å². The van der Waals surface area contributed by atoms with E-state index in [2.05, 4.69) is 15.4 Å². The van der Waals surface area contributed by atoms with E-state index >= 15 is 0 Å². The van der Waals surface area contributed by atoms with Gasteiger partial charge in [-0.05, 0) is 42.0 Å². The predicted octanol–water partition coefficient (Wildman–Crippen LogP) is 3.43. The quantitative estimate of drug-likeness (QED) is 0.451. The number of anilines is 1. The van der Waals surface area contributed by atoms with Crippen molar-refractivity contribution in [3.05, 3.63) is 101 Å². The van der Waals surface area contributed by atoms with Crippen molar-refractivity contribution in [1.29, 1.82) is 0 Å². The molecule has 31 heavy (non-hydrogen) atoms. The Morgan fingerprint density at radius 1 is 0.871 bits per heavy atom. The lowest BCUT2D eigenvalue weighted by molar-refractivity contribution is -0.116. The van der Waals surface area contributed by atoms with E-state index < -0.39 is 0 Å². The van der Waals surface area contributed by atoms with Crippen molar-refractivity contribution in [3.8, 4) is 0 Å². The highest BCUT2D eigenvalue weighted by Gasteiger charge is 2.13. The highest BCUT2D eigenvalue weighted by Crippen LogP contribution is 2.19. The van der Waals surface area contributed by atoms with E-state index in [1.54, 1.807) is 23.1 Å². The van der Waals surface area contributed by atoms with Crippen LogP contribution in [0.25, 0.3) is 21.8 Å². The zero-order valence-corrected chi connectivity index (χ0v) is 16.6. The Hall–Kier alpha value is -4.26. The Labute approximate surface area is 177 Å². The lowest BCUT2D eigenvalue weighted by Crippen LogP contribution is -2.21. The number of amides is 1. The molecule has 2 aromatic heterocycles. The fourth-order valence-corrected chi connectivity index (χ4v) is 3.79. The SMILES string of the molecule is O=C(Cn1c2ccccc2c(=O)c2ccccc21)Nc1ccc(Cn2cncn2)cc1. The van der Waals surface area contributed by atoms with Crippen molar-refractivity contribution >= 4 is 33.4 Å². The summed E-state index contributed by atoms with van der Waals surface area (Å²) in [5.74, 6) is -0.164. The number of fused-ring (bicyclic) bond motifs is 2. The van der Waals surface area contributed by atoms with Crippen LogP contribution in [0.3, 0.4) is 0 Å². The lowest BCUT2D eigenvalue weighted by Gasteiger charge is -2.15. The molecule has 0 fully saturated rings. The number of nitrogens with one attached hydrogen (secondary N) is 1. The van der Waals surface area contributed by atoms with E-state index in [-0.39, 0.29) is 17.9 Å². The Bertz CT molecular complexity index is 1380. The van der Waals surface area contributed by atoms with Crippen LogP contribution in [-0.4, -0.2) is 25.2 Å². The number of carbonyl (C=O) groups is 1. The third-order valence-corrected chi connectivity index (χ3v) is 5.23. The molecule has 152 valence electrons. The maximum Gasteiger partial charge on any atom is 0.244 e. The van der Waals surface area contributed by atoms with E-state index in [0.717, 1.165) is 16.6 Å². The van der Waals surface area contributed by atoms with Crippen molar-refractivity contribution < 1.29 is 4.79 Å². The van der Waals surface area contributed by atoms with Gasteiger partial charge in [-0.15, -0.1) is 0 Å². The first kappa shape index (κ1) is 18.7. The zero-order valence-electron chi connectivity index (χ0n) is 16.6.